The second kappa shape index (κ2) is 8.44. The molecule has 0 heterocycles. The van der Waals surface area contributed by atoms with E-state index in [1.807, 2.05) is 13.8 Å². The standard InChI is InChI=1S/C14H19F4NO.ClH/c1-9(2)7-8-11(19)10-5-3-4-6-12(10)20-14(17,18)13(15)16;/h3-6,9,11,13H,7-8,19H2,1-2H3;1H/t11-;/m0./s1. The van der Waals surface area contributed by atoms with E-state index in [1.54, 1.807) is 6.07 Å². The minimum atomic E-state index is -4.52. The Kier molecular flexibility index (Phi) is 8.03. The van der Waals surface area contributed by atoms with Gasteiger partial charge in [0, 0.05) is 11.6 Å². The van der Waals surface area contributed by atoms with Crippen molar-refractivity contribution < 1.29 is 22.3 Å². The number of hydrogen-bond donors (Lipinski definition) is 1. The third kappa shape index (κ3) is 6.09. The number of hydrogen-bond acceptors (Lipinski definition) is 2. The lowest BCUT2D eigenvalue weighted by molar-refractivity contribution is -0.253. The van der Waals surface area contributed by atoms with Crippen LogP contribution >= 0.6 is 12.4 Å². The molecule has 2 N–H and O–H groups in total. The maximum atomic E-state index is 13.0. The van der Waals surface area contributed by atoms with Crippen LogP contribution in [0, 0.1) is 5.92 Å². The topological polar surface area (TPSA) is 35.2 Å². The Labute approximate surface area is 128 Å². The number of para-hydroxylation sites is 1. The van der Waals surface area contributed by atoms with Gasteiger partial charge in [-0.1, -0.05) is 32.0 Å². The summed E-state index contributed by atoms with van der Waals surface area (Å²) in [6, 6.07) is 5.26. The summed E-state index contributed by atoms with van der Waals surface area (Å²) in [6.45, 7) is 4.03. The van der Waals surface area contributed by atoms with Crippen molar-refractivity contribution in [1.82, 2.24) is 0 Å². The molecule has 0 bridgehead atoms. The van der Waals surface area contributed by atoms with E-state index in [-0.39, 0.29) is 18.2 Å². The number of alkyl halides is 4. The predicted octanol–water partition coefficient (Wildman–Crippen LogP) is 4.78. The molecule has 0 aliphatic heterocycles. The number of rotatable bonds is 7. The van der Waals surface area contributed by atoms with E-state index in [0.717, 1.165) is 6.42 Å². The molecule has 1 aromatic rings. The van der Waals surface area contributed by atoms with E-state index in [2.05, 4.69) is 4.74 Å². The van der Waals surface area contributed by atoms with Crippen LogP contribution in [0.5, 0.6) is 5.75 Å². The molecule has 0 saturated carbocycles. The second-order valence-corrected chi connectivity index (χ2v) is 5.08. The maximum Gasteiger partial charge on any atom is 0.461 e. The summed E-state index contributed by atoms with van der Waals surface area (Å²) in [5.74, 6) is 0.116. The van der Waals surface area contributed by atoms with E-state index >= 15 is 0 Å². The monoisotopic (exact) mass is 329 g/mol. The Bertz CT molecular complexity index is 429. The van der Waals surface area contributed by atoms with Crippen LogP contribution in [0.3, 0.4) is 0 Å². The molecule has 0 fully saturated rings. The lowest BCUT2D eigenvalue weighted by Crippen LogP contribution is -2.34. The van der Waals surface area contributed by atoms with Gasteiger partial charge in [0.25, 0.3) is 0 Å². The van der Waals surface area contributed by atoms with Crippen molar-refractivity contribution in [3.63, 3.8) is 0 Å². The van der Waals surface area contributed by atoms with E-state index < -0.39 is 18.6 Å². The van der Waals surface area contributed by atoms with Gasteiger partial charge < -0.3 is 10.5 Å². The molecule has 0 aromatic heterocycles. The van der Waals surface area contributed by atoms with Gasteiger partial charge in [0.2, 0.25) is 0 Å². The van der Waals surface area contributed by atoms with Crippen LogP contribution in [0.2, 0.25) is 0 Å². The molecule has 7 heteroatoms. The van der Waals surface area contributed by atoms with Crippen LogP contribution in [0.4, 0.5) is 17.6 Å². The third-order valence-corrected chi connectivity index (χ3v) is 2.87. The highest BCUT2D eigenvalue weighted by Crippen LogP contribution is 2.33. The Morgan fingerprint density at radius 1 is 1.14 bits per heavy atom. The summed E-state index contributed by atoms with van der Waals surface area (Å²) in [7, 11) is 0. The molecular weight excluding hydrogens is 310 g/mol. The zero-order chi connectivity index (χ0) is 15.3. The van der Waals surface area contributed by atoms with Gasteiger partial charge in [0.05, 0.1) is 0 Å². The Morgan fingerprint density at radius 3 is 2.24 bits per heavy atom. The molecule has 0 radical (unpaired) electrons. The molecule has 2 nitrogen and oxygen atoms in total. The normalized spacial score (nSPS) is 13.2. The Balaban J connectivity index is 0.00000400. The molecule has 1 aromatic carbocycles. The first-order chi connectivity index (χ1) is 9.24. The van der Waals surface area contributed by atoms with Crippen molar-refractivity contribution in [3.8, 4) is 5.75 Å². The molecule has 122 valence electrons. The van der Waals surface area contributed by atoms with Gasteiger partial charge in [-0.15, -0.1) is 12.4 Å². The number of halogens is 5. The van der Waals surface area contributed by atoms with E-state index in [9.17, 15) is 17.6 Å². The van der Waals surface area contributed by atoms with Crippen LogP contribution in [0.1, 0.15) is 38.3 Å². The minimum Gasteiger partial charge on any atom is -0.428 e. The van der Waals surface area contributed by atoms with E-state index in [4.69, 9.17) is 5.73 Å². The lowest BCUT2D eigenvalue weighted by atomic mass is 9.98. The highest BCUT2D eigenvalue weighted by atomic mass is 35.5. The summed E-state index contributed by atoms with van der Waals surface area (Å²) in [4.78, 5) is 0. The van der Waals surface area contributed by atoms with Gasteiger partial charge in [-0.25, -0.2) is 0 Å². The molecular formula is C14H20ClF4NO. The fraction of sp³-hybridized carbons (Fsp3) is 0.571. The first-order valence-corrected chi connectivity index (χ1v) is 6.43. The molecule has 1 rings (SSSR count). The van der Waals surface area contributed by atoms with Crippen molar-refractivity contribution in [2.45, 2.75) is 45.3 Å². The average molecular weight is 330 g/mol. The maximum absolute atomic E-state index is 13.0. The van der Waals surface area contributed by atoms with Gasteiger partial charge in [0.1, 0.15) is 5.75 Å². The smallest absolute Gasteiger partial charge is 0.428 e. The summed E-state index contributed by atoms with van der Waals surface area (Å²) in [5.41, 5.74) is 6.24. The number of nitrogens with two attached hydrogens (primary N) is 1. The van der Waals surface area contributed by atoms with E-state index in [0.29, 0.717) is 17.9 Å². The predicted molar refractivity (Wildman–Crippen MR) is 76.3 cm³/mol. The first-order valence-electron chi connectivity index (χ1n) is 6.43. The molecule has 21 heavy (non-hydrogen) atoms. The van der Waals surface area contributed by atoms with Crippen molar-refractivity contribution in [3.05, 3.63) is 29.8 Å². The minimum absolute atomic E-state index is 0. The van der Waals surface area contributed by atoms with Crippen LogP contribution in [-0.4, -0.2) is 12.5 Å². The van der Waals surface area contributed by atoms with Crippen LogP contribution in [0.25, 0.3) is 0 Å². The van der Waals surface area contributed by atoms with E-state index in [1.165, 1.54) is 18.2 Å². The molecule has 0 saturated heterocycles. The van der Waals surface area contributed by atoms with Gasteiger partial charge in [-0.3, -0.25) is 0 Å². The molecule has 0 aliphatic rings. The number of benzene rings is 1. The molecule has 0 amide bonds. The largest absolute Gasteiger partial charge is 0.461 e. The van der Waals surface area contributed by atoms with Crippen molar-refractivity contribution >= 4 is 12.4 Å². The summed E-state index contributed by atoms with van der Waals surface area (Å²) in [6.07, 6.45) is -7.03. The highest BCUT2D eigenvalue weighted by molar-refractivity contribution is 5.85. The van der Waals surface area contributed by atoms with Crippen molar-refractivity contribution in [1.29, 1.82) is 0 Å². The third-order valence-electron chi connectivity index (χ3n) is 2.87. The van der Waals surface area contributed by atoms with Crippen LogP contribution in [-0.2, 0) is 0 Å². The number of ether oxygens (including phenoxy) is 1. The summed E-state index contributed by atoms with van der Waals surface area (Å²) >= 11 is 0. The van der Waals surface area contributed by atoms with Crippen molar-refractivity contribution in [2.24, 2.45) is 11.7 Å². The molecule has 0 unspecified atom stereocenters. The lowest BCUT2D eigenvalue weighted by Gasteiger charge is -2.21. The highest BCUT2D eigenvalue weighted by Gasteiger charge is 2.44. The summed E-state index contributed by atoms with van der Waals surface area (Å²) < 4.78 is 54.5. The molecule has 1 atom stereocenters. The SMILES string of the molecule is CC(C)CC[C@H](N)c1ccccc1OC(F)(F)C(F)F.Cl. The van der Waals surface area contributed by atoms with Gasteiger partial charge in [-0.2, -0.15) is 17.6 Å². The molecule has 0 aliphatic carbocycles. The first kappa shape index (κ1) is 20.0. The van der Waals surface area contributed by atoms with Gasteiger partial charge >= 0.3 is 12.5 Å². The fourth-order valence-electron chi connectivity index (χ4n) is 1.74. The Morgan fingerprint density at radius 2 is 1.71 bits per heavy atom. The zero-order valence-corrected chi connectivity index (χ0v) is 12.7. The zero-order valence-electron chi connectivity index (χ0n) is 11.9. The van der Waals surface area contributed by atoms with Crippen LogP contribution < -0.4 is 10.5 Å². The van der Waals surface area contributed by atoms with Crippen molar-refractivity contribution in [2.75, 3.05) is 0 Å². The molecule has 0 spiro atoms. The average Bonchev–Trinajstić information content (AvgIpc) is 2.36. The Hall–Kier alpha value is -1.01. The van der Waals surface area contributed by atoms with Crippen LogP contribution in [0.15, 0.2) is 24.3 Å². The van der Waals surface area contributed by atoms with Gasteiger partial charge in [0.15, 0.2) is 0 Å². The fourth-order valence-corrected chi connectivity index (χ4v) is 1.74. The summed E-state index contributed by atoms with van der Waals surface area (Å²) in [5, 5.41) is 0. The quantitative estimate of drug-likeness (QED) is 0.730. The second-order valence-electron chi connectivity index (χ2n) is 5.08. The van der Waals surface area contributed by atoms with Gasteiger partial charge in [-0.05, 0) is 24.8 Å².